The van der Waals surface area contributed by atoms with Gasteiger partial charge < -0.3 is 4.42 Å². The Bertz CT molecular complexity index is 3910. The maximum atomic E-state index is 6.56. The number of hydrogen-bond donors (Lipinski definition) is 0. The summed E-state index contributed by atoms with van der Waals surface area (Å²) in [4.78, 5) is 15.2. The molecule has 0 aliphatic rings. The second-order valence-electron chi connectivity index (χ2n) is 16.0. The summed E-state index contributed by atoms with van der Waals surface area (Å²) in [6.07, 6.45) is 0. The summed E-state index contributed by atoms with van der Waals surface area (Å²) in [6, 6.07) is 71.1. The molecule has 0 spiro atoms. The van der Waals surface area contributed by atoms with E-state index in [9.17, 15) is 0 Å². The Morgan fingerprint density at radius 1 is 0.286 bits per heavy atom. The van der Waals surface area contributed by atoms with Crippen LogP contribution in [-0.4, -0.2) is 15.0 Å². The summed E-state index contributed by atoms with van der Waals surface area (Å²) < 4.78 is 11.6. The van der Waals surface area contributed by atoms with Crippen molar-refractivity contribution >= 4 is 85.0 Å². The molecule has 0 aliphatic heterocycles. The van der Waals surface area contributed by atoms with Gasteiger partial charge >= 0.3 is 0 Å². The van der Waals surface area contributed by atoms with Crippen molar-refractivity contribution in [2.24, 2.45) is 0 Å². The van der Waals surface area contributed by atoms with Crippen molar-refractivity contribution in [3.05, 3.63) is 200 Å². The SMILES string of the molecule is c1ccc(-c2cc(-c3ccccc3)c3sc4cc(-c5ccc6oc7cc(-c8nc(-c9ccccc9)nc(-c9ccc%10c(c9)sc9ccccc9%10)n8)ccc7c6c5)ccc4c3c2)cc1. The first kappa shape index (κ1) is 35.9. The highest BCUT2D eigenvalue weighted by Crippen LogP contribution is 2.45. The van der Waals surface area contributed by atoms with Crippen LogP contribution in [0.2, 0.25) is 0 Å². The van der Waals surface area contributed by atoms with Gasteiger partial charge in [0.15, 0.2) is 17.5 Å². The Morgan fingerprint density at radius 3 is 1.57 bits per heavy atom. The van der Waals surface area contributed by atoms with Gasteiger partial charge in [0.1, 0.15) is 11.2 Å². The third-order valence-electron chi connectivity index (χ3n) is 12.1. The van der Waals surface area contributed by atoms with Gasteiger partial charge in [-0.05, 0) is 82.4 Å². The molecule has 13 rings (SSSR count). The molecule has 6 heteroatoms. The highest BCUT2D eigenvalue weighted by molar-refractivity contribution is 7.26. The van der Waals surface area contributed by atoms with E-state index in [1.807, 2.05) is 41.7 Å². The molecule has 0 saturated carbocycles. The van der Waals surface area contributed by atoms with E-state index in [0.717, 1.165) is 44.2 Å². The molecule has 4 aromatic heterocycles. The molecule has 0 amide bonds. The van der Waals surface area contributed by atoms with Crippen LogP contribution < -0.4 is 0 Å². The van der Waals surface area contributed by atoms with Crippen molar-refractivity contribution in [1.29, 1.82) is 0 Å². The molecule has 0 atom stereocenters. The van der Waals surface area contributed by atoms with Crippen LogP contribution in [0, 0.1) is 0 Å². The minimum absolute atomic E-state index is 0.598. The molecule has 294 valence electrons. The molecule has 0 unspecified atom stereocenters. The third kappa shape index (κ3) is 6.14. The van der Waals surface area contributed by atoms with Gasteiger partial charge in [-0.25, -0.2) is 15.0 Å². The summed E-state index contributed by atoms with van der Waals surface area (Å²) in [5.41, 5.74) is 11.6. The summed E-state index contributed by atoms with van der Waals surface area (Å²) in [6.45, 7) is 0. The number of thiophene rings is 2. The molecule has 0 radical (unpaired) electrons. The lowest BCUT2D eigenvalue weighted by atomic mass is 9.95. The molecule has 0 saturated heterocycles. The molecule has 4 nitrogen and oxygen atoms in total. The lowest BCUT2D eigenvalue weighted by Crippen LogP contribution is -2.00. The predicted octanol–water partition coefficient (Wildman–Crippen LogP) is 16.5. The summed E-state index contributed by atoms with van der Waals surface area (Å²) in [7, 11) is 0. The molecular formula is C57H33N3OS2. The van der Waals surface area contributed by atoms with Crippen molar-refractivity contribution < 1.29 is 4.42 Å². The van der Waals surface area contributed by atoms with Gasteiger partial charge in [0.25, 0.3) is 0 Å². The van der Waals surface area contributed by atoms with E-state index in [1.54, 1.807) is 11.3 Å². The predicted molar refractivity (Wildman–Crippen MR) is 265 cm³/mol. The fourth-order valence-corrected chi connectivity index (χ4v) is 11.4. The summed E-state index contributed by atoms with van der Waals surface area (Å²) >= 11 is 3.66. The lowest BCUT2D eigenvalue weighted by molar-refractivity contribution is 0.669. The smallest absolute Gasteiger partial charge is 0.164 e. The van der Waals surface area contributed by atoms with Crippen LogP contribution in [0.15, 0.2) is 205 Å². The van der Waals surface area contributed by atoms with E-state index >= 15 is 0 Å². The second-order valence-corrected chi connectivity index (χ2v) is 18.1. The number of fused-ring (bicyclic) bond motifs is 9. The molecule has 13 aromatic rings. The Balaban J connectivity index is 0.894. The Hall–Kier alpha value is -7.77. The van der Waals surface area contributed by atoms with E-state index in [0.29, 0.717) is 17.5 Å². The van der Waals surface area contributed by atoms with Crippen LogP contribution in [0.3, 0.4) is 0 Å². The minimum atomic E-state index is 0.598. The summed E-state index contributed by atoms with van der Waals surface area (Å²) in [5, 5.41) is 7.19. The van der Waals surface area contributed by atoms with E-state index in [4.69, 9.17) is 19.4 Å². The van der Waals surface area contributed by atoms with Crippen LogP contribution in [0.5, 0.6) is 0 Å². The normalized spacial score (nSPS) is 11.8. The van der Waals surface area contributed by atoms with Gasteiger partial charge in [0.2, 0.25) is 0 Å². The maximum absolute atomic E-state index is 6.56. The molecule has 0 aliphatic carbocycles. The number of aromatic nitrogens is 3. The average molecular weight is 840 g/mol. The van der Waals surface area contributed by atoms with Crippen LogP contribution in [-0.2, 0) is 0 Å². The van der Waals surface area contributed by atoms with Gasteiger partial charge in [-0.2, -0.15) is 0 Å². The van der Waals surface area contributed by atoms with Gasteiger partial charge in [0, 0.05) is 73.4 Å². The first-order valence-electron chi connectivity index (χ1n) is 21.0. The van der Waals surface area contributed by atoms with Crippen LogP contribution >= 0.6 is 22.7 Å². The maximum Gasteiger partial charge on any atom is 0.164 e. The first-order valence-corrected chi connectivity index (χ1v) is 22.6. The average Bonchev–Trinajstić information content (AvgIpc) is 4.04. The Kier molecular flexibility index (Phi) is 8.22. The largest absolute Gasteiger partial charge is 0.456 e. The molecule has 63 heavy (non-hydrogen) atoms. The monoisotopic (exact) mass is 839 g/mol. The van der Waals surface area contributed by atoms with Crippen LogP contribution in [0.25, 0.3) is 130 Å². The zero-order valence-electron chi connectivity index (χ0n) is 33.6. The number of furan rings is 1. The van der Waals surface area contributed by atoms with Crippen molar-refractivity contribution in [3.63, 3.8) is 0 Å². The van der Waals surface area contributed by atoms with Gasteiger partial charge in [0.05, 0.1) is 0 Å². The zero-order valence-corrected chi connectivity index (χ0v) is 35.3. The van der Waals surface area contributed by atoms with Crippen LogP contribution in [0.4, 0.5) is 0 Å². The van der Waals surface area contributed by atoms with Gasteiger partial charge in [-0.3, -0.25) is 0 Å². The number of nitrogens with zero attached hydrogens (tertiary/aromatic N) is 3. The minimum Gasteiger partial charge on any atom is -0.456 e. The number of rotatable bonds is 6. The molecular weight excluding hydrogens is 807 g/mol. The van der Waals surface area contributed by atoms with Gasteiger partial charge in [-0.1, -0.05) is 146 Å². The molecule has 9 aromatic carbocycles. The van der Waals surface area contributed by atoms with E-state index in [2.05, 4.69) is 170 Å². The van der Waals surface area contributed by atoms with E-state index in [1.165, 1.54) is 68.2 Å². The van der Waals surface area contributed by atoms with Crippen molar-refractivity contribution in [3.8, 4) is 67.5 Å². The fourth-order valence-electron chi connectivity index (χ4n) is 9.00. The second kappa shape index (κ2) is 14.4. The van der Waals surface area contributed by atoms with E-state index < -0.39 is 0 Å². The lowest BCUT2D eigenvalue weighted by Gasteiger charge is -2.09. The third-order valence-corrected chi connectivity index (χ3v) is 14.5. The molecule has 0 fully saturated rings. The molecule has 4 heterocycles. The number of hydrogen-bond acceptors (Lipinski definition) is 6. The van der Waals surface area contributed by atoms with Gasteiger partial charge in [-0.15, -0.1) is 22.7 Å². The Morgan fingerprint density at radius 2 is 0.810 bits per heavy atom. The fraction of sp³-hybridized carbons (Fsp3) is 0. The highest BCUT2D eigenvalue weighted by Gasteiger charge is 2.18. The van der Waals surface area contributed by atoms with Crippen molar-refractivity contribution in [2.45, 2.75) is 0 Å². The standard InChI is InChI=1S/C57H33N3OS2/c1-4-12-34(13-5-1)41-29-46(35-14-6-2-7-15-35)54-48(30-41)45-25-20-38(32-53(45)63-54)37-23-27-49-47(28-37)42-24-21-39(31-50(42)61-49)56-58-55(36-16-8-3-9-17-36)59-57(60-56)40-22-26-44-43-18-10-11-19-51(43)62-52(44)33-40/h1-33H. The van der Waals surface area contributed by atoms with E-state index in [-0.39, 0.29) is 0 Å². The summed E-state index contributed by atoms with van der Waals surface area (Å²) in [5.74, 6) is 1.86. The molecule has 0 bridgehead atoms. The highest BCUT2D eigenvalue weighted by atomic mass is 32.1. The van der Waals surface area contributed by atoms with Crippen molar-refractivity contribution in [1.82, 2.24) is 15.0 Å². The van der Waals surface area contributed by atoms with Crippen molar-refractivity contribution in [2.75, 3.05) is 0 Å². The van der Waals surface area contributed by atoms with Crippen LogP contribution in [0.1, 0.15) is 0 Å². The Labute approximate surface area is 370 Å². The zero-order chi connectivity index (χ0) is 41.4. The topological polar surface area (TPSA) is 51.8 Å². The first-order chi connectivity index (χ1) is 31.2. The number of benzene rings is 9. The quantitative estimate of drug-likeness (QED) is 0.167. The molecule has 0 N–H and O–H groups in total.